The maximum Gasteiger partial charge on any atom is 0.249 e. The number of ether oxygens (including phenoxy) is 1. The lowest BCUT2D eigenvalue weighted by molar-refractivity contribution is -0.157. The predicted octanol–water partition coefficient (Wildman–Crippen LogP) is 1.71. The van der Waals surface area contributed by atoms with Gasteiger partial charge in [-0.3, -0.25) is 9.59 Å². The second kappa shape index (κ2) is 6.77. The van der Waals surface area contributed by atoms with Crippen LogP contribution in [0.1, 0.15) is 52.9 Å². The van der Waals surface area contributed by atoms with Gasteiger partial charge in [-0.1, -0.05) is 20.8 Å². The van der Waals surface area contributed by atoms with Gasteiger partial charge in [0, 0.05) is 13.2 Å². The highest BCUT2D eigenvalue weighted by Crippen LogP contribution is 2.39. The van der Waals surface area contributed by atoms with E-state index >= 15 is 0 Å². The molecule has 1 aliphatic carbocycles. The molecule has 0 spiro atoms. The SMILES string of the molecule is CCCOCCN1C(=O)C(CC)(CC)NC(=O)C1C1CC1. The lowest BCUT2D eigenvalue weighted by Crippen LogP contribution is -2.70. The summed E-state index contributed by atoms with van der Waals surface area (Å²) >= 11 is 0. The minimum Gasteiger partial charge on any atom is -0.380 e. The number of nitrogens with zero attached hydrogens (tertiary/aromatic N) is 1. The van der Waals surface area contributed by atoms with E-state index in [1.807, 2.05) is 13.8 Å². The Morgan fingerprint density at radius 2 is 1.86 bits per heavy atom. The van der Waals surface area contributed by atoms with Gasteiger partial charge in [-0.25, -0.2) is 0 Å². The van der Waals surface area contributed by atoms with Crippen LogP contribution in [0, 0.1) is 5.92 Å². The number of carbonyl (C=O) groups is 2. The second-order valence-corrected chi connectivity index (χ2v) is 6.17. The Bertz CT molecular complexity index is 389. The molecule has 1 aliphatic heterocycles. The first kappa shape index (κ1) is 16.3. The van der Waals surface area contributed by atoms with Gasteiger partial charge < -0.3 is 15.0 Å². The lowest BCUT2D eigenvalue weighted by Gasteiger charge is -2.45. The molecule has 5 heteroatoms. The van der Waals surface area contributed by atoms with E-state index in [1.54, 1.807) is 4.90 Å². The molecule has 2 amide bonds. The standard InChI is InChI=1S/C16H28N2O3/c1-4-10-21-11-9-18-13(12-7-8-12)14(19)17-16(5-2,6-3)15(18)20/h12-13H,4-11H2,1-3H3,(H,17,19). The number of rotatable bonds is 8. The Hall–Kier alpha value is -1.10. The fourth-order valence-electron chi connectivity index (χ4n) is 3.17. The lowest BCUT2D eigenvalue weighted by atomic mass is 9.86. The minimum absolute atomic E-state index is 0.0243. The van der Waals surface area contributed by atoms with E-state index in [4.69, 9.17) is 4.74 Å². The van der Waals surface area contributed by atoms with Gasteiger partial charge in [0.1, 0.15) is 11.6 Å². The van der Waals surface area contributed by atoms with Crippen molar-refractivity contribution in [1.29, 1.82) is 0 Å². The molecule has 1 N–H and O–H groups in total. The van der Waals surface area contributed by atoms with Crippen LogP contribution in [0.3, 0.4) is 0 Å². The molecule has 0 aromatic carbocycles. The van der Waals surface area contributed by atoms with Crippen molar-refractivity contribution in [3.05, 3.63) is 0 Å². The molecule has 2 fully saturated rings. The van der Waals surface area contributed by atoms with Crippen molar-refractivity contribution in [2.45, 2.75) is 64.5 Å². The molecule has 0 aromatic heterocycles. The van der Waals surface area contributed by atoms with Crippen LogP contribution in [0.25, 0.3) is 0 Å². The summed E-state index contributed by atoms with van der Waals surface area (Å²) in [6.07, 6.45) is 4.33. The van der Waals surface area contributed by atoms with Crippen LogP contribution in [0.5, 0.6) is 0 Å². The predicted molar refractivity (Wildman–Crippen MR) is 80.8 cm³/mol. The van der Waals surface area contributed by atoms with Crippen molar-refractivity contribution < 1.29 is 14.3 Å². The molecule has 1 atom stereocenters. The summed E-state index contributed by atoms with van der Waals surface area (Å²) in [6.45, 7) is 7.73. The quantitative estimate of drug-likeness (QED) is 0.694. The van der Waals surface area contributed by atoms with Crippen LogP contribution in [0.15, 0.2) is 0 Å². The van der Waals surface area contributed by atoms with Gasteiger partial charge in [0.2, 0.25) is 11.8 Å². The van der Waals surface area contributed by atoms with Gasteiger partial charge in [-0.15, -0.1) is 0 Å². The average Bonchev–Trinajstić information content (AvgIpc) is 3.31. The number of amides is 2. The summed E-state index contributed by atoms with van der Waals surface area (Å²) in [5.41, 5.74) is -0.715. The van der Waals surface area contributed by atoms with Gasteiger partial charge in [0.25, 0.3) is 0 Å². The molecule has 0 bridgehead atoms. The van der Waals surface area contributed by atoms with Crippen LogP contribution in [0.2, 0.25) is 0 Å². The number of hydrogen-bond acceptors (Lipinski definition) is 3. The molecule has 2 rings (SSSR count). The van der Waals surface area contributed by atoms with Crippen molar-refractivity contribution in [1.82, 2.24) is 10.2 Å². The molecule has 5 nitrogen and oxygen atoms in total. The van der Waals surface area contributed by atoms with E-state index in [2.05, 4.69) is 12.2 Å². The molecule has 2 aliphatic rings. The fraction of sp³-hybridized carbons (Fsp3) is 0.875. The van der Waals surface area contributed by atoms with Crippen LogP contribution >= 0.6 is 0 Å². The van der Waals surface area contributed by atoms with Gasteiger partial charge >= 0.3 is 0 Å². The molecular weight excluding hydrogens is 268 g/mol. The van der Waals surface area contributed by atoms with Gasteiger partial charge in [-0.2, -0.15) is 0 Å². The zero-order chi connectivity index (χ0) is 15.5. The van der Waals surface area contributed by atoms with Crippen molar-refractivity contribution in [2.24, 2.45) is 5.92 Å². The van der Waals surface area contributed by atoms with Crippen LogP contribution in [-0.2, 0) is 14.3 Å². The largest absolute Gasteiger partial charge is 0.380 e. The van der Waals surface area contributed by atoms with Crippen LogP contribution in [-0.4, -0.2) is 48.1 Å². The van der Waals surface area contributed by atoms with Crippen molar-refractivity contribution in [2.75, 3.05) is 19.8 Å². The number of piperazine rings is 1. The molecule has 0 aromatic rings. The molecular formula is C16H28N2O3. The number of nitrogens with one attached hydrogen (secondary N) is 1. The highest BCUT2D eigenvalue weighted by Gasteiger charge is 2.52. The highest BCUT2D eigenvalue weighted by molar-refractivity contribution is 6.00. The van der Waals surface area contributed by atoms with Crippen molar-refractivity contribution in [3.8, 4) is 0 Å². The summed E-state index contributed by atoms with van der Waals surface area (Å²) < 4.78 is 5.53. The molecule has 120 valence electrons. The van der Waals surface area contributed by atoms with E-state index in [-0.39, 0.29) is 17.9 Å². The molecule has 1 saturated heterocycles. The Balaban J connectivity index is 2.12. The normalized spacial score (nSPS) is 25.1. The Morgan fingerprint density at radius 1 is 1.19 bits per heavy atom. The average molecular weight is 296 g/mol. The van der Waals surface area contributed by atoms with E-state index in [1.165, 1.54) is 0 Å². The van der Waals surface area contributed by atoms with Crippen LogP contribution < -0.4 is 5.32 Å². The Morgan fingerprint density at radius 3 is 2.38 bits per heavy atom. The molecule has 1 heterocycles. The van der Waals surface area contributed by atoms with E-state index < -0.39 is 5.54 Å². The maximum absolute atomic E-state index is 12.9. The third-order valence-electron chi connectivity index (χ3n) is 4.74. The summed E-state index contributed by atoms with van der Waals surface area (Å²) in [6, 6.07) is -0.283. The maximum atomic E-state index is 12.9. The Labute approximate surface area is 127 Å². The third kappa shape index (κ3) is 3.23. The zero-order valence-electron chi connectivity index (χ0n) is 13.5. The topological polar surface area (TPSA) is 58.6 Å². The first-order valence-electron chi connectivity index (χ1n) is 8.30. The molecule has 0 radical (unpaired) electrons. The zero-order valence-corrected chi connectivity index (χ0v) is 13.5. The van der Waals surface area contributed by atoms with Crippen molar-refractivity contribution >= 4 is 11.8 Å². The van der Waals surface area contributed by atoms with E-state index in [0.29, 0.717) is 38.5 Å². The highest BCUT2D eigenvalue weighted by atomic mass is 16.5. The third-order valence-corrected chi connectivity index (χ3v) is 4.74. The van der Waals surface area contributed by atoms with Gasteiger partial charge in [0.15, 0.2) is 0 Å². The monoisotopic (exact) mass is 296 g/mol. The van der Waals surface area contributed by atoms with Gasteiger partial charge in [0.05, 0.1) is 6.61 Å². The smallest absolute Gasteiger partial charge is 0.249 e. The summed E-state index contributed by atoms with van der Waals surface area (Å²) in [4.78, 5) is 27.2. The van der Waals surface area contributed by atoms with Crippen molar-refractivity contribution in [3.63, 3.8) is 0 Å². The fourth-order valence-corrected chi connectivity index (χ4v) is 3.17. The second-order valence-electron chi connectivity index (χ2n) is 6.17. The first-order valence-corrected chi connectivity index (χ1v) is 8.30. The summed E-state index contributed by atoms with van der Waals surface area (Å²) in [5, 5.41) is 3.01. The van der Waals surface area contributed by atoms with Gasteiger partial charge in [-0.05, 0) is 38.0 Å². The number of carbonyl (C=O) groups excluding carboxylic acids is 2. The first-order chi connectivity index (χ1) is 10.1. The summed E-state index contributed by atoms with van der Waals surface area (Å²) in [7, 11) is 0. The van der Waals surface area contributed by atoms with E-state index in [9.17, 15) is 9.59 Å². The minimum atomic E-state index is -0.715. The van der Waals surface area contributed by atoms with Crippen LogP contribution in [0.4, 0.5) is 0 Å². The van der Waals surface area contributed by atoms with E-state index in [0.717, 1.165) is 19.3 Å². The molecule has 1 unspecified atom stereocenters. The summed E-state index contributed by atoms with van der Waals surface area (Å²) in [5.74, 6) is 0.437. The molecule has 1 saturated carbocycles. The Kier molecular flexibility index (Phi) is 5.25. The number of hydrogen-bond donors (Lipinski definition) is 1. The molecule has 21 heavy (non-hydrogen) atoms.